The summed E-state index contributed by atoms with van der Waals surface area (Å²) in [5.41, 5.74) is -0.812. The zero-order valence-corrected chi connectivity index (χ0v) is 13.6. The van der Waals surface area contributed by atoms with Gasteiger partial charge in [0.2, 0.25) is 0 Å². The van der Waals surface area contributed by atoms with E-state index in [4.69, 9.17) is 0 Å². The van der Waals surface area contributed by atoms with Crippen molar-refractivity contribution in [2.75, 3.05) is 19.6 Å². The van der Waals surface area contributed by atoms with E-state index < -0.39 is 11.5 Å². The second-order valence-corrected chi connectivity index (χ2v) is 6.69. The third-order valence-electron chi connectivity index (χ3n) is 4.62. The van der Waals surface area contributed by atoms with Crippen molar-refractivity contribution in [3.05, 3.63) is 0 Å². The smallest absolute Gasteiger partial charge is 0.323 e. The minimum absolute atomic E-state index is 0.311. The molecule has 4 nitrogen and oxygen atoms in total. The van der Waals surface area contributed by atoms with Crippen LogP contribution in [0.25, 0.3) is 0 Å². The Morgan fingerprint density at radius 3 is 2.75 bits per heavy atom. The molecule has 1 aliphatic rings. The standard InChI is InChI=1S/C16H32N2O2/c1-5-9-17-16(4,15(19)20)12-14(3)18-10-6-7-13(2)8-11-18/h13-14,17H,5-12H2,1-4H3,(H,19,20). The van der Waals surface area contributed by atoms with Crippen LogP contribution >= 0.6 is 0 Å². The Hall–Kier alpha value is -0.610. The molecule has 0 saturated carbocycles. The Kier molecular flexibility index (Phi) is 6.96. The van der Waals surface area contributed by atoms with E-state index in [1.54, 1.807) is 0 Å². The largest absolute Gasteiger partial charge is 0.480 e. The summed E-state index contributed by atoms with van der Waals surface area (Å²) < 4.78 is 0. The van der Waals surface area contributed by atoms with Crippen molar-refractivity contribution in [2.24, 2.45) is 5.92 Å². The molecule has 1 rings (SSSR count). The summed E-state index contributed by atoms with van der Waals surface area (Å²) in [5, 5.41) is 12.7. The van der Waals surface area contributed by atoms with Crippen molar-refractivity contribution in [3.8, 4) is 0 Å². The molecular formula is C16H32N2O2. The summed E-state index contributed by atoms with van der Waals surface area (Å²) in [4.78, 5) is 14.1. The van der Waals surface area contributed by atoms with Gasteiger partial charge >= 0.3 is 5.97 Å². The average Bonchev–Trinajstić information content (AvgIpc) is 2.61. The highest BCUT2D eigenvalue weighted by Crippen LogP contribution is 2.22. The second-order valence-electron chi connectivity index (χ2n) is 6.69. The molecule has 3 unspecified atom stereocenters. The van der Waals surface area contributed by atoms with Gasteiger partial charge in [-0.1, -0.05) is 13.8 Å². The minimum Gasteiger partial charge on any atom is -0.480 e. The lowest BCUT2D eigenvalue weighted by atomic mass is 9.92. The van der Waals surface area contributed by atoms with Crippen molar-refractivity contribution in [1.29, 1.82) is 0 Å². The first-order valence-corrected chi connectivity index (χ1v) is 8.11. The van der Waals surface area contributed by atoms with E-state index in [1.165, 1.54) is 19.3 Å². The zero-order valence-electron chi connectivity index (χ0n) is 13.6. The van der Waals surface area contributed by atoms with Crippen LogP contribution in [0.2, 0.25) is 0 Å². The molecule has 0 aliphatic carbocycles. The first-order valence-electron chi connectivity index (χ1n) is 8.11. The van der Waals surface area contributed by atoms with Crippen LogP contribution in [0.15, 0.2) is 0 Å². The van der Waals surface area contributed by atoms with Crippen LogP contribution in [0.3, 0.4) is 0 Å². The van der Waals surface area contributed by atoms with Gasteiger partial charge in [0.25, 0.3) is 0 Å². The third-order valence-corrected chi connectivity index (χ3v) is 4.62. The molecule has 1 aliphatic heterocycles. The summed E-state index contributed by atoms with van der Waals surface area (Å²) in [6.07, 6.45) is 5.39. The van der Waals surface area contributed by atoms with Crippen LogP contribution in [0.4, 0.5) is 0 Å². The molecule has 20 heavy (non-hydrogen) atoms. The highest BCUT2D eigenvalue weighted by Gasteiger charge is 2.35. The number of nitrogens with zero attached hydrogens (tertiary/aromatic N) is 1. The highest BCUT2D eigenvalue weighted by molar-refractivity contribution is 5.78. The molecule has 0 spiro atoms. The lowest BCUT2D eigenvalue weighted by Crippen LogP contribution is -2.53. The Bertz CT molecular complexity index is 309. The number of aliphatic carboxylic acids is 1. The first kappa shape index (κ1) is 17.4. The normalized spacial score (nSPS) is 25.7. The van der Waals surface area contributed by atoms with E-state index in [9.17, 15) is 9.90 Å². The van der Waals surface area contributed by atoms with Gasteiger partial charge in [0, 0.05) is 6.04 Å². The molecule has 0 aromatic rings. The van der Waals surface area contributed by atoms with Gasteiger partial charge in [0.1, 0.15) is 5.54 Å². The predicted molar refractivity (Wildman–Crippen MR) is 83.0 cm³/mol. The van der Waals surface area contributed by atoms with Crippen LogP contribution in [0, 0.1) is 5.92 Å². The number of carbonyl (C=O) groups is 1. The van der Waals surface area contributed by atoms with Gasteiger partial charge < -0.3 is 15.3 Å². The first-order chi connectivity index (χ1) is 9.39. The molecule has 1 saturated heterocycles. The molecule has 3 atom stereocenters. The molecule has 0 bridgehead atoms. The van der Waals surface area contributed by atoms with E-state index in [2.05, 4.69) is 31.0 Å². The second kappa shape index (κ2) is 7.99. The molecule has 0 aromatic heterocycles. The number of nitrogens with one attached hydrogen (secondary N) is 1. The van der Waals surface area contributed by atoms with Gasteiger partial charge in [0.15, 0.2) is 0 Å². The maximum atomic E-state index is 11.6. The maximum absolute atomic E-state index is 11.6. The predicted octanol–water partition coefficient (Wildman–Crippen LogP) is 2.73. The van der Waals surface area contributed by atoms with E-state index in [-0.39, 0.29) is 0 Å². The minimum atomic E-state index is -0.812. The monoisotopic (exact) mass is 284 g/mol. The van der Waals surface area contributed by atoms with Gasteiger partial charge in [-0.15, -0.1) is 0 Å². The van der Waals surface area contributed by atoms with E-state index in [0.717, 1.165) is 32.0 Å². The Labute approximate surface area is 123 Å². The number of hydrogen-bond acceptors (Lipinski definition) is 3. The number of carboxylic acid groups (broad SMARTS) is 1. The van der Waals surface area contributed by atoms with Crippen molar-refractivity contribution < 1.29 is 9.90 Å². The summed E-state index contributed by atoms with van der Waals surface area (Å²) in [6.45, 7) is 11.3. The van der Waals surface area contributed by atoms with Crippen LogP contribution in [-0.2, 0) is 4.79 Å². The van der Waals surface area contributed by atoms with Crippen LogP contribution in [-0.4, -0.2) is 47.2 Å². The quantitative estimate of drug-likeness (QED) is 0.755. The Morgan fingerprint density at radius 1 is 1.45 bits per heavy atom. The Morgan fingerprint density at radius 2 is 2.15 bits per heavy atom. The fourth-order valence-electron chi connectivity index (χ4n) is 3.08. The lowest BCUT2D eigenvalue weighted by molar-refractivity contribution is -0.145. The van der Waals surface area contributed by atoms with Crippen LogP contribution in [0.1, 0.15) is 59.8 Å². The third kappa shape index (κ3) is 5.06. The molecule has 118 valence electrons. The van der Waals surface area contributed by atoms with Crippen LogP contribution < -0.4 is 5.32 Å². The number of hydrogen-bond donors (Lipinski definition) is 2. The molecular weight excluding hydrogens is 252 g/mol. The molecule has 0 radical (unpaired) electrons. The molecule has 4 heteroatoms. The number of rotatable bonds is 7. The summed E-state index contributed by atoms with van der Waals surface area (Å²) in [7, 11) is 0. The Balaban J connectivity index is 2.60. The van der Waals surface area contributed by atoms with Gasteiger partial charge in [-0.2, -0.15) is 0 Å². The van der Waals surface area contributed by atoms with E-state index >= 15 is 0 Å². The van der Waals surface area contributed by atoms with E-state index in [0.29, 0.717) is 12.5 Å². The van der Waals surface area contributed by atoms with Gasteiger partial charge in [-0.05, 0) is 71.5 Å². The fraction of sp³-hybridized carbons (Fsp3) is 0.938. The molecule has 1 fully saturated rings. The van der Waals surface area contributed by atoms with Crippen molar-refractivity contribution in [1.82, 2.24) is 10.2 Å². The topological polar surface area (TPSA) is 52.6 Å². The van der Waals surface area contributed by atoms with Gasteiger partial charge in [-0.3, -0.25) is 4.79 Å². The zero-order chi connectivity index (χ0) is 15.2. The number of carboxylic acids is 1. The van der Waals surface area contributed by atoms with E-state index in [1.807, 2.05) is 6.92 Å². The summed E-state index contributed by atoms with van der Waals surface area (Å²) >= 11 is 0. The molecule has 2 N–H and O–H groups in total. The van der Waals surface area contributed by atoms with Crippen LogP contribution in [0.5, 0.6) is 0 Å². The summed E-state index contributed by atoms with van der Waals surface area (Å²) in [6, 6.07) is 0.311. The number of likely N-dealkylation sites (tertiary alicyclic amines) is 1. The SMILES string of the molecule is CCCNC(C)(CC(C)N1CCCC(C)CC1)C(=O)O. The van der Waals surface area contributed by atoms with Crippen molar-refractivity contribution >= 4 is 5.97 Å². The van der Waals surface area contributed by atoms with Gasteiger partial charge in [0.05, 0.1) is 0 Å². The molecule has 0 aromatic carbocycles. The highest BCUT2D eigenvalue weighted by atomic mass is 16.4. The lowest BCUT2D eigenvalue weighted by Gasteiger charge is -2.35. The fourth-order valence-corrected chi connectivity index (χ4v) is 3.08. The summed E-state index contributed by atoms with van der Waals surface area (Å²) in [5.74, 6) is 0.0669. The van der Waals surface area contributed by atoms with Crippen molar-refractivity contribution in [3.63, 3.8) is 0 Å². The molecule has 0 amide bonds. The average molecular weight is 284 g/mol. The van der Waals surface area contributed by atoms with Crippen molar-refractivity contribution in [2.45, 2.75) is 71.4 Å². The van der Waals surface area contributed by atoms with Gasteiger partial charge in [-0.25, -0.2) is 0 Å². The molecule has 1 heterocycles. The maximum Gasteiger partial charge on any atom is 0.323 e.